The first-order valence-electron chi connectivity index (χ1n) is 5.57. The average Bonchev–Trinajstić information content (AvgIpc) is 2.29. The second kappa shape index (κ2) is 6.28. The van der Waals surface area contributed by atoms with E-state index in [4.69, 9.17) is 4.74 Å². The molecule has 1 aromatic carbocycles. The molecule has 3 heteroatoms. The third-order valence-electron chi connectivity index (χ3n) is 2.26. The maximum atomic E-state index is 11.8. The molecule has 1 rings (SSSR count). The van der Waals surface area contributed by atoms with Crippen LogP contribution in [0.25, 0.3) is 0 Å². The summed E-state index contributed by atoms with van der Waals surface area (Å²) in [6, 6.07) is 7.35. The number of hydrogen-bond donors (Lipinski definition) is 1. The van der Waals surface area contributed by atoms with E-state index in [1.807, 2.05) is 39.1 Å². The Balaban J connectivity index is 2.67. The number of likely N-dealkylation sites (N-methyl/N-ethyl adjacent to an activating group) is 1. The van der Waals surface area contributed by atoms with Gasteiger partial charge in [0.05, 0.1) is 0 Å². The van der Waals surface area contributed by atoms with E-state index in [2.05, 4.69) is 5.32 Å². The number of ketones is 1. The lowest BCUT2D eigenvalue weighted by Crippen LogP contribution is -2.16. The lowest BCUT2D eigenvalue weighted by atomic mass is 10.0. The van der Waals surface area contributed by atoms with Crippen molar-refractivity contribution < 1.29 is 9.53 Å². The zero-order valence-electron chi connectivity index (χ0n) is 10.1. The van der Waals surface area contributed by atoms with Gasteiger partial charge >= 0.3 is 0 Å². The number of rotatable bonds is 6. The van der Waals surface area contributed by atoms with Crippen LogP contribution in [-0.4, -0.2) is 26.0 Å². The van der Waals surface area contributed by atoms with Crippen molar-refractivity contribution in [2.75, 3.05) is 20.2 Å². The van der Waals surface area contributed by atoms with Crippen LogP contribution in [0, 0.1) is 5.92 Å². The van der Waals surface area contributed by atoms with Crippen molar-refractivity contribution in [3.63, 3.8) is 0 Å². The van der Waals surface area contributed by atoms with Crippen LogP contribution in [0.15, 0.2) is 24.3 Å². The fraction of sp³-hybridized carbons (Fsp3) is 0.462. The van der Waals surface area contributed by atoms with E-state index in [1.54, 1.807) is 6.07 Å². The summed E-state index contributed by atoms with van der Waals surface area (Å²) in [5.74, 6) is 0.924. The Kier molecular flexibility index (Phi) is 4.99. The summed E-state index contributed by atoms with van der Waals surface area (Å²) in [6.45, 7) is 5.20. The largest absolute Gasteiger partial charge is 0.492 e. The molecule has 0 saturated carbocycles. The van der Waals surface area contributed by atoms with Crippen molar-refractivity contribution >= 4 is 5.78 Å². The van der Waals surface area contributed by atoms with Crippen LogP contribution >= 0.6 is 0 Å². The lowest BCUT2D eigenvalue weighted by Gasteiger charge is -2.08. The minimum absolute atomic E-state index is 0.0209. The van der Waals surface area contributed by atoms with Gasteiger partial charge in [0.25, 0.3) is 0 Å². The monoisotopic (exact) mass is 221 g/mol. The van der Waals surface area contributed by atoms with Crippen LogP contribution in [0.2, 0.25) is 0 Å². The Hall–Kier alpha value is -1.35. The highest BCUT2D eigenvalue weighted by Crippen LogP contribution is 2.16. The van der Waals surface area contributed by atoms with Crippen LogP contribution in [0.5, 0.6) is 5.75 Å². The zero-order chi connectivity index (χ0) is 12.0. The van der Waals surface area contributed by atoms with E-state index in [0.717, 1.165) is 17.9 Å². The molecule has 0 atom stereocenters. The molecule has 0 aromatic heterocycles. The molecule has 0 aliphatic carbocycles. The van der Waals surface area contributed by atoms with E-state index < -0.39 is 0 Å². The van der Waals surface area contributed by atoms with Crippen LogP contribution in [-0.2, 0) is 0 Å². The first-order valence-corrected chi connectivity index (χ1v) is 5.57. The van der Waals surface area contributed by atoms with Gasteiger partial charge in [-0.2, -0.15) is 0 Å². The van der Waals surface area contributed by atoms with E-state index in [9.17, 15) is 4.79 Å². The molecule has 0 amide bonds. The number of benzene rings is 1. The molecule has 3 nitrogen and oxygen atoms in total. The van der Waals surface area contributed by atoms with Gasteiger partial charge in [-0.15, -0.1) is 0 Å². The van der Waals surface area contributed by atoms with Gasteiger partial charge in [-0.05, 0) is 19.2 Å². The van der Waals surface area contributed by atoms with Gasteiger partial charge in [-0.1, -0.05) is 26.0 Å². The second-order valence-electron chi connectivity index (χ2n) is 4.00. The number of nitrogens with one attached hydrogen (secondary N) is 1. The molecular weight excluding hydrogens is 202 g/mol. The van der Waals surface area contributed by atoms with E-state index in [0.29, 0.717) is 6.61 Å². The normalized spacial score (nSPS) is 10.5. The molecule has 0 aliphatic heterocycles. The molecule has 16 heavy (non-hydrogen) atoms. The van der Waals surface area contributed by atoms with E-state index in [1.165, 1.54) is 0 Å². The predicted molar refractivity (Wildman–Crippen MR) is 65.0 cm³/mol. The fourth-order valence-electron chi connectivity index (χ4n) is 1.34. The molecule has 0 aliphatic rings. The minimum atomic E-state index is 0.0209. The van der Waals surface area contributed by atoms with Crippen molar-refractivity contribution in [1.29, 1.82) is 0 Å². The Morgan fingerprint density at radius 1 is 1.44 bits per heavy atom. The molecule has 88 valence electrons. The maximum absolute atomic E-state index is 11.8. The number of hydrogen-bond acceptors (Lipinski definition) is 3. The summed E-state index contributed by atoms with van der Waals surface area (Å²) in [5, 5.41) is 3.00. The Bertz CT molecular complexity index is 348. The topological polar surface area (TPSA) is 38.3 Å². The second-order valence-corrected chi connectivity index (χ2v) is 4.00. The Labute approximate surface area is 96.8 Å². The van der Waals surface area contributed by atoms with Crippen molar-refractivity contribution in [1.82, 2.24) is 5.32 Å². The molecule has 0 radical (unpaired) electrons. The smallest absolute Gasteiger partial charge is 0.165 e. The van der Waals surface area contributed by atoms with Gasteiger partial charge in [0, 0.05) is 18.0 Å². The summed E-state index contributed by atoms with van der Waals surface area (Å²) in [6.07, 6.45) is 0. The van der Waals surface area contributed by atoms with Gasteiger partial charge in [-0.25, -0.2) is 0 Å². The lowest BCUT2D eigenvalue weighted by molar-refractivity contribution is 0.0939. The van der Waals surface area contributed by atoms with Crippen molar-refractivity contribution in [2.45, 2.75) is 13.8 Å². The standard InChI is InChI=1S/C13H19NO2/c1-10(2)13(15)11-5-4-6-12(9-11)16-8-7-14-3/h4-6,9-10,14H,7-8H2,1-3H3. The SMILES string of the molecule is CNCCOc1cccc(C(=O)C(C)C)c1. The maximum Gasteiger partial charge on any atom is 0.165 e. The van der Waals surface area contributed by atoms with Crippen LogP contribution in [0.3, 0.4) is 0 Å². The van der Waals surface area contributed by atoms with Gasteiger partial charge in [-0.3, -0.25) is 4.79 Å². The summed E-state index contributed by atoms with van der Waals surface area (Å²) in [4.78, 5) is 11.8. The third kappa shape index (κ3) is 3.66. The number of carbonyl (C=O) groups is 1. The van der Waals surface area contributed by atoms with E-state index in [-0.39, 0.29) is 11.7 Å². The number of ether oxygens (including phenoxy) is 1. The first-order chi connectivity index (χ1) is 7.65. The molecule has 0 unspecified atom stereocenters. The first kappa shape index (κ1) is 12.7. The summed E-state index contributed by atoms with van der Waals surface area (Å²) in [5.41, 5.74) is 0.719. The van der Waals surface area contributed by atoms with Crippen molar-refractivity contribution in [3.8, 4) is 5.75 Å². The minimum Gasteiger partial charge on any atom is -0.492 e. The van der Waals surface area contributed by atoms with Gasteiger partial charge in [0.2, 0.25) is 0 Å². The molecular formula is C13H19NO2. The highest BCUT2D eigenvalue weighted by Gasteiger charge is 2.10. The molecule has 1 N–H and O–H groups in total. The van der Waals surface area contributed by atoms with Gasteiger partial charge in [0.15, 0.2) is 5.78 Å². The third-order valence-corrected chi connectivity index (χ3v) is 2.26. The predicted octanol–water partition coefficient (Wildman–Crippen LogP) is 2.12. The van der Waals surface area contributed by atoms with Crippen molar-refractivity contribution in [3.05, 3.63) is 29.8 Å². The van der Waals surface area contributed by atoms with Crippen molar-refractivity contribution in [2.24, 2.45) is 5.92 Å². The van der Waals surface area contributed by atoms with Gasteiger partial charge in [0.1, 0.15) is 12.4 Å². The Morgan fingerprint density at radius 2 is 2.19 bits per heavy atom. The zero-order valence-corrected chi connectivity index (χ0v) is 10.1. The number of Topliss-reactive ketones (excluding diaryl/α,β-unsaturated/α-hetero) is 1. The summed E-state index contributed by atoms with van der Waals surface area (Å²) in [7, 11) is 1.88. The quantitative estimate of drug-likeness (QED) is 0.590. The average molecular weight is 221 g/mol. The fourth-order valence-corrected chi connectivity index (χ4v) is 1.34. The molecule has 1 aromatic rings. The van der Waals surface area contributed by atoms with Crippen LogP contribution in [0.4, 0.5) is 0 Å². The van der Waals surface area contributed by atoms with Crippen LogP contribution < -0.4 is 10.1 Å². The highest BCUT2D eigenvalue weighted by molar-refractivity contribution is 5.97. The summed E-state index contributed by atoms with van der Waals surface area (Å²) >= 11 is 0. The summed E-state index contributed by atoms with van der Waals surface area (Å²) < 4.78 is 5.50. The van der Waals surface area contributed by atoms with Gasteiger partial charge < -0.3 is 10.1 Å². The molecule has 0 bridgehead atoms. The molecule has 0 saturated heterocycles. The van der Waals surface area contributed by atoms with E-state index >= 15 is 0 Å². The number of carbonyl (C=O) groups excluding carboxylic acids is 1. The molecule has 0 fully saturated rings. The Morgan fingerprint density at radius 3 is 2.81 bits per heavy atom. The molecule has 0 heterocycles. The molecule has 0 spiro atoms. The highest BCUT2D eigenvalue weighted by atomic mass is 16.5. The van der Waals surface area contributed by atoms with Crippen LogP contribution in [0.1, 0.15) is 24.2 Å².